The van der Waals surface area contributed by atoms with Crippen LogP contribution in [0.25, 0.3) is 0 Å². The number of hydrogen-bond acceptors (Lipinski definition) is 3. The van der Waals surface area contributed by atoms with Crippen LogP contribution in [-0.2, 0) is 9.59 Å². The number of nitrogens with zero attached hydrogens (tertiary/aromatic N) is 2. The zero-order chi connectivity index (χ0) is 12.4. The minimum absolute atomic E-state index is 0.0492. The zero-order valence-corrected chi connectivity index (χ0v) is 10.6. The summed E-state index contributed by atoms with van der Waals surface area (Å²) in [5.74, 6) is 0.665. The van der Waals surface area contributed by atoms with Gasteiger partial charge in [-0.1, -0.05) is 13.8 Å². The second-order valence-electron chi connectivity index (χ2n) is 5.16. The molecule has 0 unspecified atom stereocenters. The molecular formula is C12H21N3O2. The van der Waals surface area contributed by atoms with E-state index >= 15 is 0 Å². The summed E-state index contributed by atoms with van der Waals surface area (Å²) < 4.78 is 0. The molecule has 0 bridgehead atoms. The molecule has 0 aromatic rings. The van der Waals surface area contributed by atoms with E-state index in [1.54, 1.807) is 0 Å². The molecule has 2 amide bonds. The Balaban J connectivity index is 1.81. The van der Waals surface area contributed by atoms with Gasteiger partial charge in [0.05, 0.1) is 5.92 Å². The molecule has 5 nitrogen and oxygen atoms in total. The number of carbonyl (C=O) groups is 2. The lowest BCUT2D eigenvalue weighted by molar-refractivity contribution is -0.144. The van der Waals surface area contributed by atoms with Crippen molar-refractivity contribution in [1.29, 1.82) is 0 Å². The third-order valence-corrected chi connectivity index (χ3v) is 3.53. The molecule has 0 aliphatic carbocycles. The summed E-state index contributed by atoms with van der Waals surface area (Å²) in [4.78, 5) is 27.5. The second-order valence-corrected chi connectivity index (χ2v) is 5.16. The third-order valence-electron chi connectivity index (χ3n) is 3.53. The first kappa shape index (κ1) is 12.4. The lowest BCUT2D eigenvalue weighted by Crippen LogP contribution is -2.57. The molecule has 2 heterocycles. The summed E-state index contributed by atoms with van der Waals surface area (Å²) in [5, 5.41) is 3.11. The van der Waals surface area contributed by atoms with Gasteiger partial charge in [-0.25, -0.2) is 0 Å². The van der Waals surface area contributed by atoms with Gasteiger partial charge < -0.3 is 15.1 Å². The summed E-state index contributed by atoms with van der Waals surface area (Å²) in [5.41, 5.74) is 0. The first-order valence-corrected chi connectivity index (χ1v) is 6.38. The van der Waals surface area contributed by atoms with Crippen LogP contribution in [-0.4, -0.2) is 60.9 Å². The average Bonchev–Trinajstić information content (AvgIpc) is 2.25. The van der Waals surface area contributed by atoms with Crippen LogP contribution >= 0.6 is 0 Å². The van der Waals surface area contributed by atoms with Crippen LogP contribution in [0.1, 0.15) is 13.8 Å². The van der Waals surface area contributed by atoms with Crippen LogP contribution in [0.4, 0.5) is 0 Å². The largest absolute Gasteiger partial charge is 0.339 e. The molecular weight excluding hydrogens is 218 g/mol. The molecule has 0 radical (unpaired) electrons. The van der Waals surface area contributed by atoms with Crippen molar-refractivity contribution in [3.05, 3.63) is 0 Å². The molecule has 0 aromatic heterocycles. The van der Waals surface area contributed by atoms with Crippen molar-refractivity contribution < 1.29 is 9.59 Å². The number of rotatable bonds is 2. The Hall–Kier alpha value is -1.10. The highest BCUT2D eigenvalue weighted by molar-refractivity contribution is 5.81. The van der Waals surface area contributed by atoms with Gasteiger partial charge in [0.25, 0.3) is 0 Å². The SMILES string of the molecule is CC(C)C(=O)N1CCN(C(=O)C2CNC2)CC1. The Morgan fingerprint density at radius 1 is 1.06 bits per heavy atom. The molecule has 5 heteroatoms. The number of piperazine rings is 1. The lowest BCUT2D eigenvalue weighted by Gasteiger charge is -2.39. The highest BCUT2D eigenvalue weighted by atomic mass is 16.2. The van der Waals surface area contributed by atoms with E-state index in [-0.39, 0.29) is 23.7 Å². The molecule has 0 spiro atoms. The molecule has 2 saturated heterocycles. The van der Waals surface area contributed by atoms with Crippen molar-refractivity contribution in [3.63, 3.8) is 0 Å². The van der Waals surface area contributed by atoms with Gasteiger partial charge in [0.2, 0.25) is 11.8 Å². The quantitative estimate of drug-likeness (QED) is 0.709. The van der Waals surface area contributed by atoms with Gasteiger partial charge in [-0.05, 0) is 0 Å². The van der Waals surface area contributed by atoms with E-state index in [1.165, 1.54) is 0 Å². The van der Waals surface area contributed by atoms with Crippen LogP contribution in [0, 0.1) is 11.8 Å². The monoisotopic (exact) mass is 239 g/mol. The highest BCUT2D eigenvalue weighted by Gasteiger charge is 2.32. The molecule has 2 fully saturated rings. The topological polar surface area (TPSA) is 52.7 Å². The van der Waals surface area contributed by atoms with Gasteiger partial charge in [-0.3, -0.25) is 9.59 Å². The zero-order valence-electron chi connectivity index (χ0n) is 10.6. The van der Waals surface area contributed by atoms with E-state index in [0.29, 0.717) is 26.2 Å². The Morgan fingerprint density at radius 2 is 1.59 bits per heavy atom. The van der Waals surface area contributed by atoms with Gasteiger partial charge in [0, 0.05) is 45.2 Å². The van der Waals surface area contributed by atoms with Crippen LogP contribution in [0.2, 0.25) is 0 Å². The average molecular weight is 239 g/mol. The molecule has 0 atom stereocenters. The first-order valence-electron chi connectivity index (χ1n) is 6.38. The van der Waals surface area contributed by atoms with E-state index in [4.69, 9.17) is 0 Å². The fraction of sp³-hybridized carbons (Fsp3) is 0.833. The minimum atomic E-state index is 0.0492. The lowest BCUT2D eigenvalue weighted by atomic mass is 10.0. The van der Waals surface area contributed by atoms with Gasteiger partial charge in [0.15, 0.2) is 0 Å². The Labute approximate surface area is 102 Å². The van der Waals surface area contributed by atoms with Crippen molar-refractivity contribution in [2.75, 3.05) is 39.3 Å². The van der Waals surface area contributed by atoms with Gasteiger partial charge in [-0.2, -0.15) is 0 Å². The predicted octanol–water partition coefficient (Wildman–Crippen LogP) is -0.467. The van der Waals surface area contributed by atoms with E-state index < -0.39 is 0 Å². The van der Waals surface area contributed by atoms with Crippen LogP contribution < -0.4 is 5.32 Å². The van der Waals surface area contributed by atoms with E-state index in [9.17, 15) is 9.59 Å². The minimum Gasteiger partial charge on any atom is -0.339 e. The molecule has 1 N–H and O–H groups in total. The Bertz CT molecular complexity index is 305. The van der Waals surface area contributed by atoms with E-state index in [2.05, 4.69) is 5.32 Å². The van der Waals surface area contributed by atoms with Crippen molar-refractivity contribution >= 4 is 11.8 Å². The number of nitrogens with one attached hydrogen (secondary N) is 1. The highest BCUT2D eigenvalue weighted by Crippen LogP contribution is 2.12. The number of hydrogen-bond donors (Lipinski definition) is 1. The smallest absolute Gasteiger partial charge is 0.228 e. The van der Waals surface area contributed by atoms with Crippen LogP contribution in [0.15, 0.2) is 0 Å². The van der Waals surface area contributed by atoms with Crippen molar-refractivity contribution in [2.45, 2.75) is 13.8 Å². The number of amides is 2. The molecule has 2 rings (SSSR count). The van der Waals surface area contributed by atoms with E-state index in [0.717, 1.165) is 13.1 Å². The first-order chi connectivity index (χ1) is 8.09. The van der Waals surface area contributed by atoms with Crippen molar-refractivity contribution in [1.82, 2.24) is 15.1 Å². The molecule has 17 heavy (non-hydrogen) atoms. The normalized spacial score (nSPS) is 21.6. The second kappa shape index (κ2) is 5.04. The Kier molecular flexibility index (Phi) is 3.66. The fourth-order valence-electron chi connectivity index (χ4n) is 2.23. The maximum Gasteiger partial charge on any atom is 0.228 e. The van der Waals surface area contributed by atoms with Crippen LogP contribution in [0.5, 0.6) is 0 Å². The summed E-state index contributed by atoms with van der Waals surface area (Å²) in [6, 6.07) is 0. The maximum atomic E-state index is 12.0. The third kappa shape index (κ3) is 2.60. The van der Waals surface area contributed by atoms with Crippen LogP contribution in [0.3, 0.4) is 0 Å². The standard InChI is InChI=1S/C12H21N3O2/c1-9(2)11(16)14-3-5-15(6-4-14)12(17)10-7-13-8-10/h9-10,13H,3-8H2,1-2H3. The fourth-order valence-corrected chi connectivity index (χ4v) is 2.23. The molecule has 0 aromatic carbocycles. The maximum absolute atomic E-state index is 12.0. The molecule has 2 aliphatic rings. The summed E-state index contributed by atoms with van der Waals surface area (Å²) in [7, 11) is 0. The molecule has 96 valence electrons. The Morgan fingerprint density at radius 3 is 2.00 bits per heavy atom. The summed E-state index contributed by atoms with van der Waals surface area (Å²) in [6.45, 7) is 8.20. The van der Waals surface area contributed by atoms with Crippen molar-refractivity contribution in [3.8, 4) is 0 Å². The number of carbonyl (C=O) groups excluding carboxylic acids is 2. The van der Waals surface area contributed by atoms with Crippen molar-refractivity contribution in [2.24, 2.45) is 11.8 Å². The summed E-state index contributed by atoms with van der Waals surface area (Å²) >= 11 is 0. The van der Waals surface area contributed by atoms with Gasteiger partial charge >= 0.3 is 0 Å². The molecule has 0 saturated carbocycles. The van der Waals surface area contributed by atoms with E-state index in [1.807, 2.05) is 23.6 Å². The predicted molar refractivity (Wildman–Crippen MR) is 64.4 cm³/mol. The summed E-state index contributed by atoms with van der Waals surface area (Å²) in [6.07, 6.45) is 0. The van der Waals surface area contributed by atoms with Gasteiger partial charge in [0.1, 0.15) is 0 Å². The van der Waals surface area contributed by atoms with Gasteiger partial charge in [-0.15, -0.1) is 0 Å². The molecule has 2 aliphatic heterocycles.